The van der Waals surface area contributed by atoms with E-state index in [4.69, 9.17) is 4.80 Å². The molecule has 40 valence electrons. The fourth-order valence-corrected chi connectivity index (χ4v) is 0.775. The topological polar surface area (TPSA) is 20.2 Å². The minimum absolute atomic E-state index is 0. The molecule has 0 spiro atoms. The third kappa shape index (κ3) is 11.4. The molecule has 0 rings (SSSR count). The van der Waals surface area contributed by atoms with Gasteiger partial charge < -0.3 is 4.80 Å². The zero-order valence-corrected chi connectivity index (χ0v) is 5.85. The molecule has 7 heavy (non-hydrogen) atoms. The van der Waals surface area contributed by atoms with Crippen molar-refractivity contribution >= 4 is 61.1 Å². The SMILES string of the molecule is CC(C)C[SiH2]O.[KH]. The number of hydrogen-bond donors (Lipinski definition) is 1. The average Bonchev–Trinajstić information content (AvgIpc) is 1.35. The maximum absolute atomic E-state index is 8.38. The van der Waals surface area contributed by atoms with Crippen LogP contribution in [0.5, 0.6) is 0 Å². The molecule has 0 aromatic heterocycles. The van der Waals surface area contributed by atoms with Crippen molar-refractivity contribution in [3.05, 3.63) is 0 Å². The Morgan fingerprint density at radius 1 is 1.57 bits per heavy atom. The van der Waals surface area contributed by atoms with Crippen LogP contribution in [0.3, 0.4) is 0 Å². The van der Waals surface area contributed by atoms with Crippen molar-refractivity contribution < 1.29 is 4.80 Å². The molecule has 0 bridgehead atoms. The molecule has 0 saturated heterocycles. The summed E-state index contributed by atoms with van der Waals surface area (Å²) < 4.78 is 0. The molecular formula is C4H13KOSi. The van der Waals surface area contributed by atoms with Gasteiger partial charge in [-0.3, -0.25) is 0 Å². The molecule has 3 heteroatoms. The van der Waals surface area contributed by atoms with Crippen molar-refractivity contribution in [2.24, 2.45) is 5.92 Å². The second-order valence-electron chi connectivity index (χ2n) is 1.91. The van der Waals surface area contributed by atoms with Crippen molar-refractivity contribution in [3.8, 4) is 0 Å². The summed E-state index contributed by atoms with van der Waals surface area (Å²) in [6, 6.07) is 1.07. The third-order valence-electron chi connectivity index (χ3n) is 0.706. The molecule has 0 aliphatic carbocycles. The molecule has 0 heterocycles. The van der Waals surface area contributed by atoms with Crippen molar-refractivity contribution in [2.75, 3.05) is 0 Å². The summed E-state index contributed by atoms with van der Waals surface area (Å²) in [4.78, 5) is 8.38. The number of rotatable bonds is 2. The molecule has 1 N–H and O–H groups in total. The summed E-state index contributed by atoms with van der Waals surface area (Å²) in [5.41, 5.74) is 0. The Kier molecular flexibility index (Phi) is 12.9. The Morgan fingerprint density at radius 3 is 2.00 bits per heavy atom. The van der Waals surface area contributed by atoms with E-state index in [0.717, 1.165) is 6.04 Å². The van der Waals surface area contributed by atoms with E-state index >= 15 is 0 Å². The van der Waals surface area contributed by atoms with Gasteiger partial charge in [0.15, 0.2) is 9.76 Å². The van der Waals surface area contributed by atoms with Crippen LogP contribution >= 0.6 is 0 Å². The first-order chi connectivity index (χ1) is 2.77. The summed E-state index contributed by atoms with van der Waals surface area (Å²) in [5.74, 6) is 0.710. The molecule has 0 amide bonds. The average molecular weight is 144 g/mol. The standard InChI is InChI=1S/C4H12OSi.K.H/c1-4(2)3-6-5;;/h4-5H,3,6H2,1-2H3;;. The Balaban J connectivity index is 0. The molecule has 1 nitrogen and oxygen atoms in total. The summed E-state index contributed by atoms with van der Waals surface area (Å²) in [5, 5.41) is 0. The molecule has 0 saturated carbocycles. The second-order valence-corrected chi connectivity index (χ2v) is 2.93. The Labute approximate surface area is 90.2 Å². The molecule has 0 fully saturated rings. The quantitative estimate of drug-likeness (QED) is 0.518. The first-order valence-electron chi connectivity index (χ1n) is 2.38. The van der Waals surface area contributed by atoms with E-state index in [0.29, 0.717) is 5.92 Å². The molecule has 0 aromatic rings. The van der Waals surface area contributed by atoms with Crippen LogP contribution in [0.4, 0.5) is 0 Å². The Hall–Kier alpha value is 1.81. The normalized spacial score (nSPS) is 10.3. The first kappa shape index (κ1) is 11.6. The van der Waals surface area contributed by atoms with Gasteiger partial charge in [0.2, 0.25) is 0 Å². The minimum atomic E-state index is -0.633. The van der Waals surface area contributed by atoms with E-state index < -0.39 is 9.76 Å². The van der Waals surface area contributed by atoms with Crippen LogP contribution in [0.2, 0.25) is 6.04 Å². The monoisotopic (exact) mass is 144 g/mol. The maximum atomic E-state index is 8.38. The van der Waals surface area contributed by atoms with Crippen LogP contribution in [0.1, 0.15) is 13.8 Å². The fourth-order valence-electron chi connectivity index (χ4n) is 0.258. The molecule has 0 aromatic carbocycles. The van der Waals surface area contributed by atoms with Gasteiger partial charge in [-0.25, -0.2) is 0 Å². The molecule has 0 atom stereocenters. The predicted octanol–water partition coefficient (Wildman–Crippen LogP) is -0.512. The van der Waals surface area contributed by atoms with Gasteiger partial charge >= 0.3 is 51.4 Å². The van der Waals surface area contributed by atoms with Crippen LogP contribution in [0.15, 0.2) is 0 Å². The summed E-state index contributed by atoms with van der Waals surface area (Å²) in [6.07, 6.45) is 0. The molecule has 0 unspecified atom stereocenters. The van der Waals surface area contributed by atoms with Gasteiger partial charge in [-0.05, 0) is 12.0 Å². The van der Waals surface area contributed by atoms with Crippen LogP contribution in [0, 0.1) is 5.92 Å². The zero-order valence-electron chi connectivity index (χ0n) is 4.44. The van der Waals surface area contributed by atoms with E-state index in [1.54, 1.807) is 0 Å². The Morgan fingerprint density at radius 2 is 2.00 bits per heavy atom. The van der Waals surface area contributed by atoms with Gasteiger partial charge in [0.05, 0.1) is 0 Å². The van der Waals surface area contributed by atoms with Gasteiger partial charge in [0.25, 0.3) is 0 Å². The first-order valence-corrected chi connectivity index (χ1v) is 4.01. The summed E-state index contributed by atoms with van der Waals surface area (Å²) >= 11 is 0. The predicted molar refractivity (Wildman–Crippen MR) is 37.6 cm³/mol. The Bertz CT molecular complexity index is 32.9. The van der Waals surface area contributed by atoms with Crippen LogP contribution < -0.4 is 0 Å². The summed E-state index contributed by atoms with van der Waals surface area (Å²) in [7, 11) is -0.633. The van der Waals surface area contributed by atoms with E-state index in [2.05, 4.69) is 13.8 Å². The van der Waals surface area contributed by atoms with Crippen molar-refractivity contribution in [3.63, 3.8) is 0 Å². The van der Waals surface area contributed by atoms with Gasteiger partial charge in [-0.15, -0.1) is 0 Å². The fraction of sp³-hybridized carbons (Fsp3) is 1.00. The third-order valence-corrected chi connectivity index (χ3v) is 2.12. The van der Waals surface area contributed by atoms with Crippen molar-refractivity contribution in [1.29, 1.82) is 0 Å². The number of hydrogen-bond acceptors (Lipinski definition) is 1. The molecule has 0 aliphatic heterocycles. The molecule has 0 aliphatic rings. The van der Waals surface area contributed by atoms with Crippen molar-refractivity contribution in [1.82, 2.24) is 0 Å². The van der Waals surface area contributed by atoms with E-state index in [9.17, 15) is 0 Å². The van der Waals surface area contributed by atoms with Gasteiger partial charge in [0, 0.05) is 0 Å². The van der Waals surface area contributed by atoms with Gasteiger partial charge in [0.1, 0.15) is 0 Å². The second kappa shape index (κ2) is 7.81. The molecule has 0 radical (unpaired) electrons. The zero-order chi connectivity index (χ0) is 4.99. The van der Waals surface area contributed by atoms with Gasteiger partial charge in [-0.2, -0.15) is 0 Å². The molecular weight excluding hydrogens is 131 g/mol. The van der Waals surface area contributed by atoms with E-state index in [-0.39, 0.29) is 51.4 Å². The van der Waals surface area contributed by atoms with E-state index in [1.807, 2.05) is 0 Å². The van der Waals surface area contributed by atoms with Crippen LogP contribution in [-0.2, 0) is 0 Å². The summed E-state index contributed by atoms with van der Waals surface area (Å²) in [6.45, 7) is 4.26. The van der Waals surface area contributed by atoms with Gasteiger partial charge in [-0.1, -0.05) is 13.8 Å². The van der Waals surface area contributed by atoms with Crippen molar-refractivity contribution in [2.45, 2.75) is 19.9 Å². The van der Waals surface area contributed by atoms with E-state index in [1.165, 1.54) is 0 Å². The van der Waals surface area contributed by atoms with Crippen LogP contribution in [0.25, 0.3) is 0 Å². The van der Waals surface area contributed by atoms with Crippen LogP contribution in [-0.4, -0.2) is 65.9 Å².